The fourth-order valence-corrected chi connectivity index (χ4v) is 1.76. The van der Waals surface area contributed by atoms with Gasteiger partial charge in [-0.25, -0.2) is 4.39 Å². The van der Waals surface area contributed by atoms with E-state index in [1.807, 2.05) is 6.07 Å². The summed E-state index contributed by atoms with van der Waals surface area (Å²) in [4.78, 5) is 11.8. The van der Waals surface area contributed by atoms with Crippen molar-refractivity contribution in [3.63, 3.8) is 0 Å². The number of halogens is 2. The van der Waals surface area contributed by atoms with Crippen LogP contribution < -0.4 is 4.74 Å². The Morgan fingerprint density at radius 3 is 2.80 bits per heavy atom. The molecule has 0 aliphatic rings. The van der Waals surface area contributed by atoms with Crippen molar-refractivity contribution in [1.82, 2.24) is 0 Å². The van der Waals surface area contributed by atoms with Gasteiger partial charge in [-0.05, 0) is 24.3 Å². The minimum absolute atomic E-state index is 0.213. The van der Waals surface area contributed by atoms with Crippen LogP contribution in [0.3, 0.4) is 0 Å². The Morgan fingerprint density at radius 1 is 1.30 bits per heavy atom. The Balaban J connectivity index is 2.11. The molecule has 100 valence electrons. The Labute approximate surface area is 120 Å². The molecule has 0 saturated carbocycles. The van der Waals surface area contributed by atoms with Crippen LogP contribution in [-0.2, 0) is 0 Å². The normalized spacial score (nSPS) is 9.85. The van der Waals surface area contributed by atoms with E-state index in [-0.39, 0.29) is 29.3 Å². The standard InChI is InChI=1S/C15H9ClFNO2/c16-12-5-4-11(8-18)15(7-12)20-9-14(19)10-2-1-3-13(17)6-10/h1-7H,9H2. The number of carbonyl (C=O) groups excluding carboxylic acids is 1. The Hall–Kier alpha value is -2.38. The molecule has 0 aliphatic heterocycles. The molecule has 0 amide bonds. The number of hydrogen-bond donors (Lipinski definition) is 0. The first-order valence-electron chi connectivity index (χ1n) is 5.71. The van der Waals surface area contributed by atoms with E-state index in [9.17, 15) is 9.18 Å². The van der Waals surface area contributed by atoms with Crippen LogP contribution in [0, 0.1) is 17.1 Å². The van der Waals surface area contributed by atoms with Crippen LogP contribution in [0.4, 0.5) is 4.39 Å². The summed E-state index contributed by atoms with van der Waals surface area (Å²) in [5.41, 5.74) is 0.493. The van der Waals surface area contributed by atoms with Gasteiger partial charge in [0.2, 0.25) is 0 Å². The van der Waals surface area contributed by atoms with Crippen LogP contribution in [0.5, 0.6) is 5.75 Å². The first-order chi connectivity index (χ1) is 9.60. The van der Waals surface area contributed by atoms with Gasteiger partial charge in [-0.2, -0.15) is 5.26 Å². The summed E-state index contributed by atoms with van der Waals surface area (Å²) in [5.74, 6) is -0.644. The molecule has 0 unspecified atom stereocenters. The van der Waals surface area contributed by atoms with Crippen molar-refractivity contribution >= 4 is 17.4 Å². The second-order valence-electron chi connectivity index (χ2n) is 3.97. The number of nitriles is 1. The van der Waals surface area contributed by atoms with Crippen molar-refractivity contribution in [3.05, 3.63) is 64.4 Å². The van der Waals surface area contributed by atoms with E-state index in [1.165, 1.54) is 30.3 Å². The highest BCUT2D eigenvalue weighted by molar-refractivity contribution is 6.30. The molecular weight excluding hydrogens is 281 g/mol. The Kier molecular flexibility index (Phi) is 4.34. The molecule has 5 heteroatoms. The van der Waals surface area contributed by atoms with Crippen molar-refractivity contribution in [2.24, 2.45) is 0 Å². The van der Waals surface area contributed by atoms with Gasteiger partial charge in [-0.15, -0.1) is 0 Å². The zero-order chi connectivity index (χ0) is 14.5. The number of ketones is 1. The first kappa shape index (κ1) is 14.0. The largest absolute Gasteiger partial charge is 0.484 e. The van der Waals surface area contributed by atoms with Crippen LogP contribution in [0.15, 0.2) is 42.5 Å². The van der Waals surface area contributed by atoms with Crippen LogP contribution in [-0.4, -0.2) is 12.4 Å². The zero-order valence-electron chi connectivity index (χ0n) is 10.3. The van der Waals surface area contributed by atoms with Gasteiger partial charge in [0.15, 0.2) is 12.4 Å². The minimum Gasteiger partial charge on any atom is -0.484 e. The molecule has 3 nitrogen and oxygen atoms in total. The smallest absolute Gasteiger partial charge is 0.200 e. The van der Waals surface area contributed by atoms with Gasteiger partial charge in [-0.3, -0.25) is 4.79 Å². The molecule has 0 saturated heterocycles. The lowest BCUT2D eigenvalue weighted by molar-refractivity contribution is 0.0921. The van der Waals surface area contributed by atoms with Gasteiger partial charge in [0.05, 0.1) is 5.56 Å². The summed E-state index contributed by atoms with van der Waals surface area (Å²) in [5, 5.41) is 9.32. The Bertz CT molecular complexity index is 695. The molecule has 0 heterocycles. The van der Waals surface area contributed by atoms with E-state index in [0.717, 1.165) is 6.07 Å². The van der Waals surface area contributed by atoms with E-state index < -0.39 is 5.82 Å². The molecule has 0 radical (unpaired) electrons. The van der Waals surface area contributed by atoms with Crippen molar-refractivity contribution in [2.45, 2.75) is 0 Å². The summed E-state index contributed by atoms with van der Waals surface area (Å²) in [6, 6.07) is 11.8. The van der Waals surface area contributed by atoms with Crippen LogP contribution >= 0.6 is 11.6 Å². The van der Waals surface area contributed by atoms with Gasteiger partial charge >= 0.3 is 0 Å². The predicted octanol–water partition coefficient (Wildman–Crippen LogP) is 3.61. The molecule has 20 heavy (non-hydrogen) atoms. The summed E-state index contributed by atoms with van der Waals surface area (Å²) >= 11 is 5.80. The van der Waals surface area contributed by atoms with Gasteiger partial charge in [0.1, 0.15) is 17.6 Å². The molecule has 2 aromatic rings. The van der Waals surface area contributed by atoms with E-state index in [1.54, 1.807) is 6.07 Å². The summed E-state index contributed by atoms with van der Waals surface area (Å²) in [6.45, 7) is -0.293. The molecular formula is C15H9ClFNO2. The minimum atomic E-state index is -0.490. The second kappa shape index (κ2) is 6.18. The van der Waals surface area contributed by atoms with Crippen molar-refractivity contribution < 1.29 is 13.9 Å². The molecule has 0 bridgehead atoms. The lowest BCUT2D eigenvalue weighted by atomic mass is 10.1. The molecule has 0 spiro atoms. The van der Waals surface area contributed by atoms with Crippen LogP contribution in [0.2, 0.25) is 5.02 Å². The fraction of sp³-hybridized carbons (Fsp3) is 0.0667. The third-order valence-corrected chi connectivity index (χ3v) is 2.80. The highest BCUT2D eigenvalue weighted by atomic mass is 35.5. The number of benzene rings is 2. The van der Waals surface area contributed by atoms with Gasteiger partial charge < -0.3 is 4.74 Å². The third kappa shape index (κ3) is 3.34. The highest BCUT2D eigenvalue weighted by Crippen LogP contribution is 2.22. The van der Waals surface area contributed by atoms with E-state index in [2.05, 4.69) is 0 Å². The number of carbonyl (C=O) groups is 1. The Morgan fingerprint density at radius 2 is 2.10 bits per heavy atom. The molecule has 0 N–H and O–H groups in total. The number of Topliss-reactive ketones (excluding diaryl/α,β-unsaturated/α-hetero) is 1. The predicted molar refractivity (Wildman–Crippen MR) is 72.4 cm³/mol. The molecule has 0 atom stereocenters. The number of hydrogen-bond acceptors (Lipinski definition) is 3. The molecule has 2 aromatic carbocycles. The number of rotatable bonds is 4. The monoisotopic (exact) mass is 289 g/mol. The molecule has 2 rings (SSSR count). The SMILES string of the molecule is N#Cc1ccc(Cl)cc1OCC(=O)c1cccc(F)c1. The van der Waals surface area contributed by atoms with Gasteiger partial charge in [0, 0.05) is 16.7 Å². The zero-order valence-corrected chi connectivity index (χ0v) is 11.0. The van der Waals surface area contributed by atoms with Gasteiger partial charge in [0.25, 0.3) is 0 Å². The van der Waals surface area contributed by atoms with E-state index >= 15 is 0 Å². The lowest BCUT2D eigenvalue weighted by Gasteiger charge is -2.07. The van der Waals surface area contributed by atoms with E-state index in [4.69, 9.17) is 21.6 Å². The average molecular weight is 290 g/mol. The first-order valence-corrected chi connectivity index (χ1v) is 6.09. The molecule has 0 aliphatic carbocycles. The van der Waals surface area contributed by atoms with Crippen molar-refractivity contribution in [1.29, 1.82) is 5.26 Å². The summed E-state index contributed by atoms with van der Waals surface area (Å²) < 4.78 is 18.3. The topological polar surface area (TPSA) is 50.1 Å². The van der Waals surface area contributed by atoms with Crippen LogP contribution in [0.25, 0.3) is 0 Å². The maximum Gasteiger partial charge on any atom is 0.200 e. The average Bonchev–Trinajstić information content (AvgIpc) is 2.45. The third-order valence-electron chi connectivity index (χ3n) is 2.57. The lowest BCUT2D eigenvalue weighted by Crippen LogP contribution is -2.12. The van der Waals surface area contributed by atoms with Crippen molar-refractivity contribution in [3.8, 4) is 11.8 Å². The fourth-order valence-electron chi connectivity index (χ4n) is 1.60. The van der Waals surface area contributed by atoms with Gasteiger partial charge in [-0.1, -0.05) is 23.7 Å². The maximum absolute atomic E-state index is 13.0. The summed E-state index contributed by atoms with van der Waals surface area (Å²) in [6.07, 6.45) is 0. The molecule has 0 fully saturated rings. The number of ether oxygens (including phenoxy) is 1. The summed E-state index contributed by atoms with van der Waals surface area (Å²) in [7, 11) is 0. The number of nitrogens with zero attached hydrogens (tertiary/aromatic N) is 1. The second-order valence-corrected chi connectivity index (χ2v) is 4.41. The van der Waals surface area contributed by atoms with E-state index in [0.29, 0.717) is 5.02 Å². The maximum atomic E-state index is 13.0. The van der Waals surface area contributed by atoms with Crippen LogP contribution in [0.1, 0.15) is 15.9 Å². The quantitative estimate of drug-likeness (QED) is 0.808. The van der Waals surface area contributed by atoms with Crippen molar-refractivity contribution in [2.75, 3.05) is 6.61 Å². The molecule has 0 aromatic heterocycles. The highest BCUT2D eigenvalue weighted by Gasteiger charge is 2.10.